The molecule has 102 valence electrons. The van der Waals surface area contributed by atoms with E-state index in [9.17, 15) is 14.4 Å². The van der Waals surface area contributed by atoms with Crippen molar-refractivity contribution in [3.8, 4) is 0 Å². The molecule has 2 N–H and O–H groups in total. The molecule has 8 heteroatoms. The molecule has 0 aliphatic carbocycles. The number of methoxy groups -OCH3 is 1. The Morgan fingerprint density at radius 3 is 2.74 bits per heavy atom. The van der Waals surface area contributed by atoms with Crippen LogP contribution in [0.2, 0.25) is 0 Å². The van der Waals surface area contributed by atoms with Crippen molar-refractivity contribution in [1.82, 2.24) is 9.55 Å². The van der Waals surface area contributed by atoms with Gasteiger partial charge in [-0.3, -0.25) is 14.3 Å². The summed E-state index contributed by atoms with van der Waals surface area (Å²) in [7, 11) is 1.47. The first-order chi connectivity index (χ1) is 8.97. The standard InChI is InChI=1S/C11H12N2O5S/c1-5-6-8(19-7(5)10(15)16)12-11(17)13(9(6)14)3-4-18-2/h3-4H2,1-2H3,(H,12,17)(H,15,16). The lowest BCUT2D eigenvalue weighted by Gasteiger charge is -2.03. The van der Waals surface area contributed by atoms with Gasteiger partial charge in [0.25, 0.3) is 5.56 Å². The van der Waals surface area contributed by atoms with E-state index in [1.165, 1.54) is 7.11 Å². The summed E-state index contributed by atoms with van der Waals surface area (Å²) < 4.78 is 5.85. The van der Waals surface area contributed by atoms with E-state index in [0.717, 1.165) is 15.9 Å². The second-order valence-electron chi connectivity index (χ2n) is 3.95. The number of aromatic carboxylic acids is 1. The number of hydrogen-bond acceptors (Lipinski definition) is 5. The lowest BCUT2D eigenvalue weighted by Crippen LogP contribution is -2.36. The van der Waals surface area contributed by atoms with Gasteiger partial charge in [-0.1, -0.05) is 0 Å². The molecule has 0 aromatic carbocycles. The molecular weight excluding hydrogens is 272 g/mol. The van der Waals surface area contributed by atoms with E-state index in [2.05, 4.69) is 4.98 Å². The highest BCUT2D eigenvalue weighted by molar-refractivity contribution is 7.20. The maximum atomic E-state index is 12.2. The molecule has 19 heavy (non-hydrogen) atoms. The van der Waals surface area contributed by atoms with Crippen LogP contribution in [0.3, 0.4) is 0 Å². The molecule has 0 bridgehead atoms. The van der Waals surface area contributed by atoms with E-state index >= 15 is 0 Å². The van der Waals surface area contributed by atoms with Crippen molar-refractivity contribution in [2.75, 3.05) is 13.7 Å². The normalized spacial score (nSPS) is 11.1. The average Bonchev–Trinajstić information content (AvgIpc) is 2.66. The second kappa shape index (κ2) is 4.98. The largest absolute Gasteiger partial charge is 0.477 e. The smallest absolute Gasteiger partial charge is 0.346 e. The summed E-state index contributed by atoms with van der Waals surface area (Å²) in [6.07, 6.45) is 0. The van der Waals surface area contributed by atoms with Gasteiger partial charge in [0.2, 0.25) is 0 Å². The number of ether oxygens (including phenoxy) is 1. The molecule has 2 aromatic heterocycles. The van der Waals surface area contributed by atoms with Crippen LogP contribution >= 0.6 is 11.3 Å². The summed E-state index contributed by atoms with van der Waals surface area (Å²) in [5.41, 5.74) is -0.676. The minimum atomic E-state index is -1.11. The van der Waals surface area contributed by atoms with Gasteiger partial charge in [0.05, 0.1) is 18.5 Å². The zero-order valence-corrected chi connectivity index (χ0v) is 11.2. The average molecular weight is 284 g/mol. The Hall–Kier alpha value is -1.93. The van der Waals surface area contributed by atoms with Crippen LogP contribution in [0.15, 0.2) is 9.59 Å². The minimum absolute atomic E-state index is 0.0623. The van der Waals surface area contributed by atoms with Crippen LogP contribution in [0, 0.1) is 6.92 Å². The molecule has 2 heterocycles. The van der Waals surface area contributed by atoms with E-state index in [-0.39, 0.29) is 23.4 Å². The first-order valence-electron chi connectivity index (χ1n) is 5.45. The Balaban J connectivity index is 2.76. The number of hydrogen-bond donors (Lipinski definition) is 2. The number of nitrogens with zero attached hydrogens (tertiary/aromatic N) is 1. The molecular formula is C11H12N2O5S. The topological polar surface area (TPSA) is 101 Å². The summed E-state index contributed by atoms with van der Waals surface area (Å²) in [5, 5.41) is 9.28. The lowest BCUT2D eigenvalue weighted by molar-refractivity contribution is 0.0701. The van der Waals surface area contributed by atoms with Gasteiger partial charge in [0, 0.05) is 7.11 Å². The molecule has 0 atom stereocenters. The maximum absolute atomic E-state index is 12.2. The first-order valence-corrected chi connectivity index (χ1v) is 6.27. The second-order valence-corrected chi connectivity index (χ2v) is 4.97. The zero-order chi connectivity index (χ0) is 14.2. The van der Waals surface area contributed by atoms with Gasteiger partial charge in [-0.2, -0.15) is 0 Å². The minimum Gasteiger partial charge on any atom is -0.477 e. The highest BCUT2D eigenvalue weighted by Gasteiger charge is 2.19. The van der Waals surface area contributed by atoms with Gasteiger partial charge in [-0.25, -0.2) is 9.59 Å². The Labute approximate surface area is 111 Å². The number of carboxylic acid groups (broad SMARTS) is 1. The maximum Gasteiger partial charge on any atom is 0.346 e. The summed E-state index contributed by atoms with van der Waals surface area (Å²) in [5.74, 6) is -1.11. The predicted molar refractivity (Wildman–Crippen MR) is 70.3 cm³/mol. The third-order valence-corrected chi connectivity index (χ3v) is 3.98. The van der Waals surface area contributed by atoms with Gasteiger partial charge in [0.15, 0.2) is 0 Å². The summed E-state index contributed by atoms with van der Waals surface area (Å²) in [6, 6.07) is 0. The molecule has 2 rings (SSSR count). The number of carbonyl (C=O) groups is 1. The van der Waals surface area contributed by atoms with Crippen LogP contribution in [0.5, 0.6) is 0 Å². The fraction of sp³-hybridized carbons (Fsp3) is 0.364. The number of fused-ring (bicyclic) bond motifs is 1. The molecule has 0 unspecified atom stereocenters. The van der Waals surface area contributed by atoms with E-state index in [1.807, 2.05) is 0 Å². The van der Waals surface area contributed by atoms with Crippen LogP contribution in [0.4, 0.5) is 0 Å². The monoisotopic (exact) mass is 284 g/mol. The van der Waals surface area contributed by atoms with E-state index in [1.54, 1.807) is 6.92 Å². The van der Waals surface area contributed by atoms with Crippen LogP contribution < -0.4 is 11.2 Å². The highest BCUT2D eigenvalue weighted by Crippen LogP contribution is 2.25. The van der Waals surface area contributed by atoms with E-state index in [0.29, 0.717) is 10.4 Å². The summed E-state index contributed by atoms with van der Waals surface area (Å²) >= 11 is 0.893. The summed E-state index contributed by atoms with van der Waals surface area (Å²) in [4.78, 5) is 37.9. The van der Waals surface area contributed by atoms with Crippen LogP contribution in [0.25, 0.3) is 10.2 Å². The molecule has 0 aliphatic heterocycles. The Morgan fingerprint density at radius 1 is 1.47 bits per heavy atom. The van der Waals surface area contributed by atoms with Crippen molar-refractivity contribution in [3.63, 3.8) is 0 Å². The van der Waals surface area contributed by atoms with Crippen LogP contribution in [-0.4, -0.2) is 34.3 Å². The molecule has 2 aromatic rings. The quantitative estimate of drug-likeness (QED) is 0.846. The highest BCUT2D eigenvalue weighted by atomic mass is 32.1. The van der Waals surface area contributed by atoms with Gasteiger partial charge in [-0.05, 0) is 12.5 Å². The SMILES string of the molecule is COCCn1c(=O)[nH]c2sc(C(=O)O)c(C)c2c1=O. The molecule has 0 amide bonds. The summed E-state index contributed by atoms with van der Waals surface area (Å²) in [6.45, 7) is 1.91. The molecule has 7 nitrogen and oxygen atoms in total. The number of carboxylic acids is 1. The molecule has 0 aliphatic rings. The Kier molecular flexibility index (Phi) is 3.54. The fourth-order valence-corrected chi connectivity index (χ4v) is 2.87. The number of aromatic nitrogens is 2. The van der Waals surface area contributed by atoms with Gasteiger partial charge in [0.1, 0.15) is 9.71 Å². The molecule has 0 fully saturated rings. The number of rotatable bonds is 4. The number of nitrogens with one attached hydrogen (secondary N) is 1. The van der Waals surface area contributed by atoms with E-state index < -0.39 is 17.2 Å². The lowest BCUT2D eigenvalue weighted by atomic mass is 10.2. The number of H-pyrrole nitrogens is 1. The predicted octanol–water partition coefficient (Wildman–Crippen LogP) is 0.404. The first kappa shape index (κ1) is 13.5. The number of thiophene rings is 1. The Morgan fingerprint density at radius 2 is 2.16 bits per heavy atom. The third-order valence-electron chi connectivity index (χ3n) is 2.78. The van der Waals surface area contributed by atoms with Crippen molar-refractivity contribution in [1.29, 1.82) is 0 Å². The van der Waals surface area contributed by atoms with E-state index in [4.69, 9.17) is 9.84 Å². The number of aromatic amines is 1. The fourth-order valence-electron chi connectivity index (χ4n) is 1.84. The van der Waals surface area contributed by atoms with Gasteiger partial charge in [-0.15, -0.1) is 11.3 Å². The molecule has 0 saturated carbocycles. The number of aryl methyl sites for hydroxylation is 1. The molecule has 0 spiro atoms. The molecule has 0 saturated heterocycles. The third kappa shape index (κ3) is 2.20. The Bertz CT molecular complexity index is 755. The van der Waals surface area contributed by atoms with Crippen LogP contribution in [0.1, 0.15) is 15.2 Å². The van der Waals surface area contributed by atoms with Crippen molar-refractivity contribution in [2.24, 2.45) is 0 Å². The van der Waals surface area contributed by atoms with Crippen molar-refractivity contribution >= 4 is 27.5 Å². The van der Waals surface area contributed by atoms with Gasteiger partial charge < -0.3 is 9.84 Å². The van der Waals surface area contributed by atoms with Gasteiger partial charge >= 0.3 is 11.7 Å². The van der Waals surface area contributed by atoms with Crippen molar-refractivity contribution < 1.29 is 14.6 Å². The van der Waals surface area contributed by atoms with Crippen molar-refractivity contribution in [2.45, 2.75) is 13.5 Å². The molecule has 0 radical (unpaired) electrons. The van der Waals surface area contributed by atoms with Crippen molar-refractivity contribution in [3.05, 3.63) is 31.3 Å². The zero-order valence-electron chi connectivity index (χ0n) is 10.3. The van der Waals surface area contributed by atoms with Crippen LogP contribution in [-0.2, 0) is 11.3 Å².